The van der Waals surface area contributed by atoms with E-state index >= 15 is 0 Å². The number of aliphatic carboxylic acids is 2. The Bertz CT molecular complexity index is 1130. The molecular weight excluding hydrogens is 763 g/mol. The standard InChI is InChI=1S/C8H14N2.C8H19N.C7H15NO.C7H14O2.C6H13NO.C6H12O2.C5H12S/c1-8(2,3)4-7-5-9-6-10-7;1-8(2,3)6-4-5-7-9;2*1-7(2,3)5-4-6(8)9;2*1-6(2,3)4-5(7)8;1-5(2,3)4-6/h5-6H,4H2,1-3H3,(H,9,10);4-7,9H2,1-3H3;4-5H2,1-3H3,(H2,8,9);4-5H2,1-3H3,(H,8,9);4H2,1-3H3,(H2,7,8);4H2,1-3H3,(H,7,8);6H,4H2,1-3H3. The lowest BCUT2D eigenvalue weighted by Crippen LogP contribution is -2.19. The Morgan fingerprint density at radius 2 is 0.949 bits per heavy atom. The van der Waals surface area contributed by atoms with Crippen molar-refractivity contribution in [2.75, 3.05) is 12.3 Å². The van der Waals surface area contributed by atoms with Crippen LogP contribution in [0.15, 0.2) is 12.5 Å². The van der Waals surface area contributed by atoms with Crippen LogP contribution in [0.25, 0.3) is 0 Å². The summed E-state index contributed by atoms with van der Waals surface area (Å²) in [5.74, 6) is -0.891. The number of aromatic nitrogens is 2. The van der Waals surface area contributed by atoms with Crippen LogP contribution in [0.3, 0.4) is 0 Å². The fourth-order valence-electron chi connectivity index (χ4n) is 3.71. The number of nitrogens with one attached hydrogen (secondary N) is 1. The molecule has 0 atom stereocenters. The van der Waals surface area contributed by atoms with Crippen LogP contribution in [0.1, 0.15) is 209 Å². The second-order valence-corrected chi connectivity index (χ2v) is 24.0. The molecule has 2 amide bonds. The first-order valence-electron chi connectivity index (χ1n) is 21.2. The Hall–Kier alpha value is -2.60. The number of aromatic amines is 1. The number of amides is 2. The average molecular weight is 862 g/mol. The SMILES string of the molecule is CC(C)(C)CC(=O)O.CC(C)(C)CC(N)=O.CC(C)(C)CCC(=O)O.CC(C)(C)CCC(N)=O.CC(C)(C)CCCCN.CC(C)(C)CS.CC(C)(C)Cc1cnc[nH]1. The Kier molecular flexibility index (Phi) is 38.2. The van der Waals surface area contributed by atoms with E-state index in [4.69, 9.17) is 27.4 Å². The predicted molar refractivity (Wildman–Crippen MR) is 257 cm³/mol. The topological polar surface area (TPSA) is 215 Å². The van der Waals surface area contributed by atoms with E-state index in [1.807, 2.05) is 68.5 Å². The molecule has 1 heterocycles. The molecule has 1 aromatic rings. The van der Waals surface area contributed by atoms with E-state index in [-0.39, 0.29) is 46.3 Å². The molecule has 11 nitrogen and oxygen atoms in total. The van der Waals surface area contributed by atoms with Gasteiger partial charge in [-0.15, -0.1) is 0 Å². The number of rotatable bonds is 10. The van der Waals surface area contributed by atoms with Crippen molar-refractivity contribution >= 4 is 36.4 Å². The van der Waals surface area contributed by atoms with Crippen LogP contribution >= 0.6 is 12.6 Å². The maximum absolute atomic E-state index is 10.3. The molecule has 12 heteroatoms. The number of carbonyl (C=O) groups excluding carboxylic acids is 2. The Morgan fingerprint density at radius 1 is 0.559 bits per heavy atom. The van der Waals surface area contributed by atoms with Crippen molar-refractivity contribution in [2.45, 2.75) is 210 Å². The van der Waals surface area contributed by atoms with Crippen molar-refractivity contribution in [3.63, 3.8) is 0 Å². The quantitative estimate of drug-likeness (QED) is 0.0885. The summed E-state index contributed by atoms with van der Waals surface area (Å²) >= 11 is 4.10. The zero-order chi connectivity index (χ0) is 48.7. The third kappa shape index (κ3) is 96.8. The van der Waals surface area contributed by atoms with Gasteiger partial charge in [-0.2, -0.15) is 12.6 Å². The molecule has 0 bridgehead atoms. The van der Waals surface area contributed by atoms with Crippen LogP contribution in [0.4, 0.5) is 0 Å². The van der Waals surface area contributed by atoms with Gasteiger partial charge in [0.1, 0.15) is 0 Å². The van der Waals surface area contributed by atoms with E-state index in [0.29, 0.717) is 29.1 Å². The number of nitrogens with two attached hydrogens (primary N) is 3. The van der Waals surface area contributed by atoms with Gasteiger partial charge in [-0.3, -0.25) is 19.2 Å². The maximum atomic E-state index is 10.3. The second kappa shape index (κ2) is 33.1. The summed E-state index contributed by atoms with van der Waals surface area (Å²) in [6, 6.07) is 0. The van der Waals surface area contributed by atoms with E-state index in [9.17, 15) is 19.2 Å². The first kappa shape index (κ1) is 68.1. The van der Waals surface area contributed by atoms with Gasteiger partial charge in [0.25, 0.3) is 0 Å². The van der Waals surface area contributed by atoms with Crippen LogP contribution < -0.4 is 17.2 Å². The van der Waals surface area contributed by atoms with Crippen LogP contribution in [0, 0.1) is 37.9 Å². The highest BCUT2D eigenvalue weighted by atomic mass is 32.1. The molecule has 1 aromatic heterocycles. The highest BCUT2D eigenvalue weighted by Gasteiger charge is 2.15. The number of H-pyrrole nitrogens is 1. The molecule has 0 saturated heterocycles. The molecule has 354 valence electrons. The molecule has 0 aliphatic heterocycles. The second-order valence-electron chi connectivity index (χ2n) is 23.7. The summed E-state index contributed by atoms with van der Waals surface area (Å²) in [7, 11) is 0. The number of thiol groups is 1. The van der Waals surface area contributed by atoms with Crippen LogP contribution in [-0.2, 0) is 25.6 Å². The smallest absolute Gasteiger partial charge is 0.303 e. The van der Waals surface area contributed by atoms with E-state index in [1.54, 1.807) is 6.33 Å². The van der Waals surface area contributed by atoms with Gasteiger partial charge < -0.3 is 32.4 Å². The third-order valence-corrected chi connectivity index (χ3v) is 7.68. The van der Waals surface area contributed by atoms with Gasteiger partial charge in [0.15, 0.2) is 0 Å². The summed E-state index contributed by atoms with van der Waals surface area (Å²) < 4.78 is 0. The lowest BCUT2D eigenvalue weighted by molar-refractivity contribution is -0.139. The molecule has 0 aliphatic rings. The number of carboxylic acids is 2. The van der Waals surface area contributed by atoms with Gasteiger partial charge in [0, 0.05) is 31.2 Å². The van der Waals surface area contributed by atoms with E-state index < -0.39 is 11.9 Å². The van der Waals surface area contributed by atoms with Crippen molar-refractivity contribution < 1.29 is 29.4 Å². The minimum absolute atomic E-state index is 0.0475. The van der Waals surface area contributed by atoms with Crippen molar-refractivity contribution in [2.24, 2.45) is 55.1 Å². The largest absolute Gasteiger partial charge is 0.481 e. The molecule has 0 radical (unpaired) electrons. The number of carboxylic acid groups (broad SMARTS) is 2. The fraction of sp³-hybridized carbons (Fsp3) is 0.851. The van der Waals surface area contributed by atoms with Crippen molar-refractivity contribution in [1.82, 2.24) is 9.97 Å². The first-order chi connectivity index (χ1) is 25.9. The molecule has 0 aromatic carbocycles. The molecule has 0 saturated carbocycles. The normalized spacial score (nSPS) is 11.6. The Labute approximate surface area is 369 Å². The summed E-state index contributed by atoms with van der Waals surface area (Å²) in [6.45, 7) is 44.8. The number of hydrogen-bond acceptors (Lipinski definition) is 7. The molecular formula is C47H99N5O6S. The summed E-state index contributed by atoms with van der Waals surface area (Å²) in [5, 5.41) is 16.5. The van der Waals surface area contributed by atoms with E-state index in [2.05, 4.69) is 106 Å². The molecule has 0 aliphatic carbocycles. The summed E-state index contributed by atoms with van der Waals surface area (Å²) in [5.41, 5.74) is 18.1. The zero-order valence-electron chi connectivity index (χ0n) is 42.3. The fourth-order valence-corrected chi connectivity index (χ4v) is 3.71. The van der Waals surface area contributed by atoms with Gasteiger partial charge in [-0.05, 0) is 82.3 Å². The third-order valence-electron chi connectivity index (χ3n) is 6.73. The monoisotopic (exact) mass is 862 g/mol. The number of hydrogen-bond donors (Lipinski definition) is 7. The highest BCUT2D eigenvalue weighted by Crippen LogP contribution is 2.22. The van der Waals surface area contributed by atoms with Crippen molar-refractivity contribution in [1.29, 1.82) is 0 Å². The number of unbranched alkanes of at least 4 members (excludes halogenated alkanes) is 1. The van der Waals surface area contributed by atoms with Crippen LogP contribution in [0.5, 0.6) is 0 Å². The highest BCUT2D eigenvalue weighted by molar-refractivity contribution is 7.80. The molecule has 9 N–H and O–H groups in total. The lowest BCUT2D eigenvalue weighted by Gasteiger charge is -2.16. The number of imidazole rings is 1. The van der Waals surface area contributed by atoms with Gasteiger partial charge in [-0.1, -0.05) is 152 Å². The molecule has 1 rings (SSSR count). The van der Waals surface area contributed by atoms with Gasteiger partial charge in [0.05, 0.1) is 12.7 Å². The molecule has 0 unspecified atom stereocenters. The van der Waals surface area contributed by atoms with Crippen molar-refractivity contribution in [3.05, 3.63) is 18.2 Å². The predicted octanol–water partition coefficient (Wildman–Crippen LogP) is 11.7. The maximum Gasteiger partial charge on any atom is 0.303 e. The molecule has 59 heavy (non-hydrogen) atoms. The summed E-state index contributed by atoms with van der Waals surface area (Å²) in [6.07, 6.45) is 11.5. The molecule has 0 fully saturated rings. The van der Waals surface area contributed by atoms with E-state index in [0.717, 1.165) is 31.6 Å². The van der Waals surface area contributed by atoms with E-state index in [1.165, 1.54) is 25.0 Å². The minimum atomic E-state index is -0.725. The first-order valence-corrected chi connectivity index (χ1v) is 21.8. The molecule has 0 spiro atoms. The zero-order valence-corrected chi connectivity index (χ0v) is 43.2. The minimum Gasteiger partial charge on any atom is -0.481 e. The number of nitrogens with zero attached hydrogens (tertiary/aromatic N) is 1. The van der Waals surface area contributed by atoms with Crippen molar-refractivity contribution in [3.8, 4) is 0 Å². The Balaban J connectivity index is -0.000000140. The van der Waals surface area contributed by atoms with Crippen LogP contribution in [0.2, 0.25) is 0 Å². The van der Waals surface area contributed by atoms with Gasteiger partial charge in [0.2, 0.25) is 11.8 Å². The Morgan fingerprint density at radius 3 is 1.10 bits per heavy atom. The number of primary amides is 2. The lowest BCUT2D eigenvalue weighted by atomic mass is 9.90. The van der Waals surface area contributed by atoms with Crippen LogP contribution in [-0.4, -0.2) is 56.2 Å². The van der Waals surface area contributed by atoms with Gasteiger partial charge in [-0.25, -0.2) is 4.98 Å². The number of carbonyl (C=O) groups is 4. The summed E-state index contributed by atoms with van der Waals surface area (Å²) in [4.78, 5) is 47.6. The van der Waals surface area contributed by atoms with Gasteiger partial charge >= 0.3 is 11.9 Å². The average Bonchev–Trinajstić information content (AvgIpc) is 3.44.